The smallest absolute Gasteiger partial charge is 0.340 e. The molecule has 138 valence electrons. The lowest BCUT2D eigenvalue weighted by molar-refractivity contribution is -0.158. The van der Waals surface area contributed by atoms with Crippen LogP contribution < -0.4 is 0 Å². The lowest BCUT2D eigenvalue weighted by Crippen LogP contribution is -2.33. The third-order valence-electron chi connectivity index (χ3n) is 5.32. The highest BCUT2D eigenvalue weighted by atomic mass is 19.1. The highest BCUT2D eigenvalue weighted by Crippen LogP contribution is 2.39. The van der Waals surface area contributed by atoms with Crippen molar-refractivity contribution in [2.75, 3.05) is 0 Å². The Kier molecular flexibility index (Phi) is 6.99. The fourth-order valence-corrected chi connectivity index (χ4v) is 3.87. The summed E-state index contributed by atoms with van der Waals surface area (Å²) in [5, 5.41) is 0. The normalized spacial score (nSPS) is 33.3. The van der Waals surface area contributed by atoms with Gasteiger partial charge in [0, 0.05) is 0 Å². The zero-order valence-corrected chi connectivity index (χ0v) is 14.5. The largest absolute Gasteiger partial charge is 0.460 e. The Bertz CT molecular complexity index is 383. The van der Waals surface area contributed by atoms with E-state index in [1.54, 1.807) is 0 Å². The average Bonchev–Trinajstić information content (AvgIpc) is 2.56. The summed E-state index contributed by atoms with van der Waals surface area (Å²) in [6, 6.07) is 0. The van der Waals surface area contributed by atoms with Crippen molar-refractivity contribution in [1.29, 1.82) is 0 Å². The van der Waals surface area contributed by atoms with E-state index in [0.29, 0.717) is 11.8 Å². The minimum absolute atomic E-state index is 0.157. The molecule has 0 heterocycles. The van der Waals surface area contributed by atoms with Crippen LogP contribution in [-0.4, -0.2) is 36.5 Å². The summed E-state index contributed by atoms with van der Waals surface area (Å²) in [5.41, 5.74) is 0. The van der Waals surface area contributed by atoms with Gasteiger partial charge in [0.1, 0.15) is 12.2 Å². The van der Waals surface area contributed by atoms with Gasteiger partial charge in [-0.1, -0.05) is 0 Å². The number of alkyl halides is 2. The van der Waals surface area contributed by atoms with Gasteiger partial charge in [0.05, 0.1) is 0 Å². The summed E-state index contributed by atoms with van der Waals surface area (Å²) in [7, 11) is 0. The molecule has 0 unspecified atom stereocenters. The van der Waals surface area contributed by atoms with Crippen LogP contribution >= 0.6 is 0 Å². The fraction of sp³-hybridized carbons (Fsp3) is 0.889. The second-order valence-corrected chi connectivity index (χ2v) is 7.18. The van der Waals surface area contributed by atoms with Crippen LogP contribution in [-0.2, 0) is 19.1 Å². The molecule has 0 radical (unpaired) electrons. The van der Waals surface area contributed by atoms with E-state index in [-0.39, 0.29) is 12.2 Å². The van der Waals surface area contributed by atoms with E-state index < -0.39 is 24.3 Å². The minimum atomic E-state index is -1.56. The van der Waals surface area contributed by atoms with Crippen molar-refractivity contribution in [2.24, 2.45) is 11.8 Å². The van der Waals surface area contributed by atoms with Crippen LogP contribution in [0.5, 0.6) is 0 Å². The van der Waals surface area contributed by atoms with Gasteiger partial charge in [0.15, 0.2) is 12.3 Å². The molecule has 2 aliphatic rings. The number of esters is 2. The number of carbonyl (C=O) groups is 2. The Morgan fingerprint density at radius 3 is 1.25 bits per heavy atom. The van der Waals surface area contributed by atoms with E-state index in [1.807, 2.05) is 0 Å². The molecule has 0 saturated heterocycles. The van der Waals surface area contributed by atoms with Gasteiger partial charge < -0.3 is 9.47 Å². The molecule has 6 heteroatoms. The van der Waals surface area contributed by atoms with E-state index in [0.717, 1.165) is 51.4 Å². The summed E-state index contributed by atoms with van der Waals surface area (Å²) in [5.74, 6) is -0.357. The van der Waals surface area contributed by atoms with E-state index in [4.69, 9.17) is 9.47 Å². The Morgan fingerprint density at radius 2 is 1.00 bits per heavy atom. The van der Waals surface area contributed by atoms with Crippen LogP contribution in [0.3, 0.4) is 0 Å². The Balaban J connectivity index is 1.69. The number of hydrogen-bond donors (Lipinski definition) is 0. The molecule has 4 nitrogen and oxygen atoms in total. The molecule has 0 aromatic rings. The molecule has 0 aliphatic heterocycles. The second-order valence-electron chi connectivity index (χ2n) is 7.18. The highest BCUT2D eigenvalue weighted by molar-refractivity contribution is 5.74. The maximum atomic E-state index is 12.9. The predicted molar refractivity (Wildman–Crippen MR) is 84.8 cm³/mol. The molecule has 2 aliphatic carbocycles. The maximum Gasteiger partial charge on any atom is 0.340 e. The summed E-state index contributed by atoms with van der Waals surface area (Å²) >= 11 is 0. The van der Waals surface area contributed by atoms with Crippen LogP contribution in [0.2, 0.25) is 0 Å². The van der Waals surface area contributed by atoms with Gasteiger partial charge in [-0.2, -0.15) is 0 Å². The first-order chi connectivity index (χ1) is 11.4. The van der Waals surface area contributed by atoms with Crippen LogP contribution in [0.1, 0.15) is 65.2 Å². The summed E-state index contributed by atoms with van der Waals surface area (Å²) in [6.07, 6.45) is 3.64. The molecule has 0 aromatic heterocycles. The van der Waals surface area contributed by atoms with Crippen molar-refractivity contribution in [2.45, 2.75) is 89.8 Å². The van der Waals surface area contributed by atoms with Gasteiger partial charge >= 0.3 is 11.9 Å². The number of hydrogen-bond acceptors (Lipinski definition) is 4. The standard InChI is InChI=1S/C18H28F2O4/c1-11(19)17(21)23-15-7-3-13(4-8-15)14-5-9-16(10-6-14)24-18(22)12(2)20/h11-16H,3-10H2,1-2H3/t11-,12-,13?,14?,15?,16?/m1/s1. The molecule has 2 saturated carbocycles. The minimum Gasteiger partial charge on any atom is -0.460 e. The van der Waals surface area contributed by atoms with E-state index in [1.165, 1.54) is 13.8 Å². The Morgan fingerprint density at radius 1 is 0.708 bits per heavy atom. The topological polar surface area (TPSA) is 52.6 Å². The molecule has 0 N–H and O–H groups in total. The highest BCUT2D eigenvalue weighted by Gasteiger charge is 2.33. The van der Waals surface area contributed by atoms with Crippen molar-refractivity contribution in [3.05, 3.63) is 0 Å². The monoisotopic (exact) mass is 346 g/mol. The van der Waals surface area contributed by atoms with Crippen molar-refractivity contribution in [3.8, 4) is 0 Å². The number of carbonyl (C=O) groups excluding carboxylic acids is 2. The summed E-state index contributed by atoms with van der Waals surface area (Å²) in [4.78, 5) is 22.6. The molecule has 24 heavy (non-hydrogen) atoms. The van der Waals surface area contributed by atoms with Crippen LogP contribution in [0.15, 0.2) is 0 Å². The Labute approximate surface area is 142 Å². The van der Waals surface area contributed by atoms with Gasteiger partial charge in [0.2, 0.25) is 0 Å². The predicted octanol–water partition coefficient (Wildman–Crippen LogP) is 3.91. The molecule has 0 spiro atoms. The first-order valence-electron chi connectivity index (χ1n) is 9.06. The van der Waals surface area contributed by atoms with Gasteiger partial charge in [-0.15, -0.1) is 0 Å². The third kappa shape index (κ3) is 5.42. The molecule has 2 rings (SSSR count). The van der Waals surface area contributed by atoms with Crippen molar-refractivity contribution >= 4 is 11.9 Å². The molecule has 0 aromatic carbocycles. The van der Waals surface area contributed by atoms with Crippen molar-refractivity contribution in [1.82, 2.24) is 0 Å². The van der Waals surface area contributed by atoms with Gasteiger partial charge in [-0.25, -0.2) is 18.4 Å². The third-order valence-corrected chi connectivity index (χ3v) is 5.32. The zero-order valence-electron chi connectivity index (χ0n) is 14.5. The van der Waals surface area contributed by atoms with Crippen molar-refractivity contribution in [3.63, 3.8) is 0 Å². The lowest BCUT2D eigenvalue weighted by atomic mass is 9.72. The SMILES string of the molecule is C[C@@H](F)C(=O)OC1CCC(C2CCC(OC(=O)[C@@H](C)F)CC2)CC1. The van der Waals surface area contributed by atoms with Crippen molar-refractivity contribution < 1.29 is 27.8 Å². The van der Waals surface area contributed by atoms with E-state index in [2.05, 4.69) is 0 Å². The van der Waals surface area contributed by atoms with Crippen LogP contribution in [0, 0.1) is 11.8 Å². The maximum absolute atomic E-state index is 12.9. The van der Waals surface area contributed by atoms with Gasteiger partial charge in [-0.3, -0.25) is 0 Å². The molecule has 0 amide bonds. The average molecular weight is 346 g/mol. The van der Waals surface area contributed by atoms with E-state index in [9.17, 15) is 18.4 Å². The molecular weight excluding hydrogens is 318 g/mol. The van der Waals surface area contributed by atoms with Crippen LogP contribution in [0.4, 0.5) is 8.78 Å². The first-order valence-corrected chi connectivity index (χ1v) is 9.06. The number of rotatable bonds is 5. The van der Waals surface area contributed by atoms with Gasteiger partial charge in [-0.05, 0) is 77.0 Å². The molecule has 0 bridgehead atoms. The summed E-state index contributed by atoms with van der Waals surface area (Å²) in [6.45, 7) is 2.39. The molecular formula is C18H28F2O4. The number of halogens is 2. The van der Waals surface area contributed by atoms with E-state index >= 15 is 0 Å². The number of ether oxygens (including phenoxy) is 2. The fourth-order valence-electron chi connectivity index (χ4n) is 3.87. The zero-order chi connectivity index (χ0) is 17.7. The van der Waals surface area contributed by atoms with Crippen LogP contribution in [0.25, 0.3) is 0 Å². The molecule has 2 atom stereocenters. The second kappa shape index (κ2) is 8.77. The first kappa shape index (κ1) is 19.1. The lowest BCUT2D eigenvalue weighted by Gasteiger charge is -2.37. The summed E-state index contributed by atoms with van der Waals surface area (Å²) < 4.78 is 36.1. The molecule has 2 fully saturated rings. The van der Waals surface area contributed by atoms with Gasteiger partial charge in [0.25, 0.3) is 0 Å². The Hall–Kier alpha value is -1.20. The quantitative estimate of drug-likeness (QED) is 0.708.